The van der Waals surface area contributed by atoms with E-state index in [9.17, 15) is 10.1 Å². The summed E-state index contributed by atoms with van der Waals surface area (Å²) in [4.78, 5) is 13.8. The van der Waals surface area contributed by atoms with Gasteiger partial charge >= 0.3 is 57.4 Å². The second kappa shape index (κ2) is 6.09. The van der Waals surface area contributed by atoms with E-state index in [-0.39, 0.29) is 56.9 Å². The zero-order valence-corrected chi connectivity index (χ0v) is 10.3. The molecule has 12 heavy (non-hydrogen) atoms. The van der Waals surface area contributed by atoms with Crippen LogP contribution in [-0.4, -0.2) is 5.97 Å². The molecule has 0 bridgehead atoms. The summed E-state index contributed by atoms with van der Waals surface area (Å²) in [6, 6.07) is 5.98. The minimum Gasteiger partial charge on any atom is -0.661 e. The smallest absolute Gasteiger partial charge is 0.661 e. The van der Waals surface area contributed by atoms with Gasteiger partial charge < -0.3 is 10.1 Å². The van der Waals surface area contributed by atoms with Crippen LogP contribution in [0.5, 0.6) is 0 Å². The molecule has 1 rings (SSSR count). The molecular weight excluding hydrogens is 207 g/mol. The first-order chi connectivity index (χ1) is 5.24. The van der Waals surface area contributed by atoms with Crippen LogP contribution in [0.3, 0.4) is 0 Å². The van der Waals surface area contributed by atoms with Crippen LogP contribution < -0.4 is 56.6 Å². The third kappa shape index (κ3) is 3.53. The molecular formula is C7H4ClKO3. The van der Waals surface area contributed by atoms with E-state index < -0.39 is 5.97 Å². The number of carbonyl (C=O) groups excluding carboxylic acids is 1. The molecule has 0 spiro atoms. The maximum absolute atomic E-state index is 10.6. The maximum atomic E-state index is 10.6. The van der Waals surface area contributed by atoms with Crippen molar-refractivity contribution < 1.29 is 66.3 Å². The van der Waals surface area contributed by atoms with Gasteiger partial charge in [0.05, 0.1) is 5.56 Å². The van der Waals surface area contributed by atoms with Crippen molar-refractivity contribution >= 4 is 17.6 Å². The molecule has 0 heterocycles. The number of carbonyl (C=O) groups is 1. The van der Waals surface area contributed by atoms with Gasteiger partial charge in [0.15, 0.2) is 0 Å². The number of halogens is 1. The predicted molar refractivity (Wildman–Crippen MR) is 36.9 cm³/mol. The van der Waals surface area contributed by atoms with Crippen LogP contribution >= 0.6 is 11.6 Å². The second-order valence-corrected chi connectivity index (χ2v) is 2.32. The van der Waals surface area contributed by atoms with Gasteiger partial charge in [0.2, 0.25) is 0 Å². The number of rotatable bonds is 1. The van der Waals surface area contributed by atoms with Crippen molar-refractivity contribution in [1.29, 1.82) is 0 Å². The van der Waals surface area contributed by atoms with Gasteiger partial charge in [-0.15, -0.1) is 0 Å². The summed E-state index contributed by atoms with van der Waals surface area (Å²) in [5.74, 6) is -0.924. The van der Waals surface area contributed by atoms with Crippen LogP contribution in [0.1, 0.15) is 10.4 Å². The molecule has 0 saturated carbocycles. The van der Waals surface area contributed by atoms with Crippen molar-refractivity contribution in [1.82, 2.24) is 0 Å². The molecule has 0 aliphatic carbocycles. The van der Waals surface area contributed by atoms with Gasteiger partial charge in [0.1, 0.15) is 0 Å². The summed E-state index contributed by atoms with van der Waals surface area (Å²) in [5.41, 5.74) is 0.160. The molecule has 0 unspecified atom stereocenters. The summed E-state index contributed by atoms with van der Waals surface area (Å²) in [5, 5.41) is 10.0. The fourth-order valence-corrected chi connectivity index (χ4v) is 0.854. The molecule has 0 aliphatic heterocycles. The molecule has 0 saturated heterocycles. The number of benzene rings is 1. The van der Waals surface area contributed by atoms with E-state index in [1.165, 1.54) is 12.1 Å². The number of hydrogen-bond donors (Lipinski definition) is 0. The molecule has 0 N–H and O–H groups in total. The van der Waals surface area contributed by atoms with Crippen molar-refractivity contribution in [3.63, 3.8) is 0 Å². The van der Waals surface area contributed by atoms with Gasteiger partial charge in [-0.2, -0.15) is 0 Å². The van der Waals surface area contributed by atoms with E-state index in [1.54, 1.807) is 12.1 Å². The topological polar surface area (TPSA) is 49.4 Å². The van der Waals surface area contributed by atoms with Crippen LogP contribution in [0.15, 0.2) is 24.3 Å². The summed E-state index contributed by atoms with van der Waals surface area (Å²) < 4.78 is 0. The molecule has 0 radical (unpaired) electrons. The Morgan fingerprint density at radius 1 is 1.50 bits per heavy atom. The van der Waals surface area contributed by atoms with Crippen LogP contribution in [0.25, 0.3) is 0 Å². The molecule has 0 aromatic heterocycles. The largest absolute Gasteiger partial charge is 1.00 e. The Morgan fingerprint density at radius 3 is 2.67 bits per heavy atom. The van der Waals surface area contributed by atoms with Crippen molar-refractivity contribution in [2.45, 2.75) is 0 Å². The average molecular weight is 211 g/mol. The zero-order valence-electron chi connectivity index (χ0n) is 6.41. The van der Waals surface area contributed by atoms with Crippen LogP contribution in [0, 0.1) is 0 Å². The van der Waals surface area contributed by atoms with E-state index in [1.807, 2.05) is 0 Å². The molecule has 0 atom stereocenters. The first-order valence-electron chi connectivity index (χ1n) is 2.84. The van der Waals surface area contributed by atoms with Gasteiger partial charge in [-0.05, 0) is 18.2 Å². The molecule has 5 heteroatoms. The monoisotopic (exact) mass is 210 g/mol. The van der Waals surface area contributed by atoms with E-state index in [2.05, 4.69) is 4.89 Å². The van der Waals surface area contributed by atoms with Crippen molar-refractivity contribution in [3.8, 4) is 0 Å². The van der Waals surface area contributed by atoms with E-state index >= 15 is 0 Å². The standard InChI is InChI=1S/C7H5ClO3.K/c8-6-3-1-2-5(4-6)7(9)11-10;/h1-4,10H;/q;+1/p-1. The normalized spacial score (nSPS) is 8.50. The van der Waals surface area contributed by atoms with Crippen molar-refractivity contribution in [2.75, 3.05) is 0 Å². The fourth-order valence-electron chi connectivity index (χ4n) is 0.664. The Balaban J connectivity index is 0.00000121. The summed E-state index contributed by atoms with van der Waals surface area (Å²) >= 11 is 5.54. The Kier molecular flexibility index (Phi) is 6.39. The van der Waals surface area contributed by atoms with E-state index in [4.69, 9.17) is 11.6 Å². The van der Waals surface area contributed by atoms with Crippen molar-refractivity contribution in [3.05, 3.63) is 34.9 Å². The fraction of sp³-hybridized carbons (Fsp3) is 0. The Bertz CT molecular complexity index is 277. The molecule has 3 nitrogen and oxygen atoms in total. The maximum Gasteiger partial charge on any atom is 1.00 e. The second-order valence-electron chi connectivity index (χ2n) is 1.88. The molecule has 0 amide bonds. The SMILES string of the molecule is O=C(O[O-])c1cccc(Cl)c1.[K+]. The summed E-state index contributed by atoms with van der Waals surface area (Å²) in [6.45, 7) is 0. The minimum absolute atomic E-state index is 0. The molecule has 0 aliphatic rings. The van der Waals surface area contributed by atoms with Crippen LogP contribution in [0.2, 0.25) is 5.02 Å². The van der Waals surface area contributed by atoms with Crippen LogP contribution in [0.4, 0.5) is 0 Å². The quantitative estimate of drug-likeness (QED) is 0.300. The summed E-state index contributed by atoms with van der Waals surface area (Å²) in [7, 11) is 0. The Hall–Kier alpha value is 0.576. The van der Waals surface area contributed by atoms with Gasteiger partial charge in [-0.3, -0.25) is 0 Å². The minimum atomic E-state index is -0.924. The first-order valence-corrected chi connectivity index (χ1v) is 3.21. The third-order valence-electron chi connectivity index (χ3n) is 1.14. The molecule has 1 aromatic carbocycles. The van der Waals surface area contributed by atoms with Crippen LogP contribution in [-0.2, 0) is 4.89 Å². The Morgan fingerprint density at radius 2 is 2.17 bits per heavy atom. The Labute approximate surface area is 117 Å². The third-order valence-corrected chi connectivity index (χ3v) is 1.37. The molecule has 1 aromatic rings. The van der Waals surface area contributed by atoms with E-state index in [0.717, 1.165) is 0 Å². The molecule has 58 valence electrons. The van der Waals surface area contributed by atoms with Gasteiger partial charge in [-0.25, -0.2) is 4.79 Å². The summed E-state index contributed by atoms with van der Waals surface area (Å²) in [6.07, 6.45) is 0. The molecule has 0 fully saturated rings. The predicted octanol–water partition coefficient (Wildman–Crippen LogP) is -2.22. The average Bonchev–Trinajstić information content (AvgIpc) is 2.03. The van der Waals surface area contributed by atoms with Crippen molar-refractivity contribution in [2.24, 2.45) is 0 Å². The first kappa shape index (κ1) is 12.6. The zero-order chi connectivity index (χ0) is 8.27. The van der Waals surface area contributed by atoms with E-state index in [0.29, 0.717) is 5.02 Å². The van der Waals surface area contributed by atoms with Gasteiger partial charge in [0.25, 0.3) is 0 Å². The van der Waals surface area contributed by atoms with Gasteiger partial charge in [0, 0.05) is 5.02 Å². The number of hydrogen-bond acceptors (Lipinski definition) is 3. The van der Waals surface area contributed by atoms with Gasteiger partial charge in [-0.1, -0.05) is 17.7 Å².